The topological polar surface area (TPSA) is 50.9 Å². The highest BCUT2D eigenvalue weighted by atomic mass is 16.5. The summed E-state index contributed by atoms with van der Waals surface area (Å²) in [5.74, 6) is 1.51. The molecular weight excluding hydrogens is 226 g/mol. The summed E-state index contributed by atoms with van der Waals surface area (Å²) in [6.07, 6.45) is 9.06. The van der Waals surface area contributed by atoms with Gasteiger partial charge in [-0.3, -0.25) is 0 Å². The van der Waals surface area contributed by atoms with Gasteiger partial charge in [0, 0.05) is 20.2 Å². The van der Waals surface area contributed by atoms with Crippen molar-refractivity contribution in [1.29, 1.82) is 0 Å². The number of likely N-dealkylation sites (N-methyl/N-ethyl adjacent to an activating group) is 1. The van der Waals surface area contributed by atoms with Gasteiger partial charge in [0.1, 0.15) is 0 Å². The van der Waals surface area contributed by atoms with E-state index < -0.39 is 0 Å². The summed E-state index contributed by atoms with van der Waals surface area (Å²) < 4.78 is 5.62. The Bertz CT molecular complexity index is 270. The third-order valence-corrected chi connectivity index (χ3v) is 3.90. The van der Waals surface area contributed by atoms with Gasteiger partial charge in [0.05, 0.1) is 12.6 Å². The standard InChI is InChI=1S/C14H27N3O/c1-17(9-10-18-11-12-7-8-12)14(15)16-13-5-3-2-4-6-13/h12-13H,2-11H2,1H3,(H2,15,16). The average Bonchev–Trinajstić information content (AvgIpc) is 3.19. The lowest BCUT2D eigenvalue weighted by Crippen LogP contribution is -2.37. The Balaban J connectivity index is 1.62. The van der Waals surface area contributed by atoms with Gasteiger partial charge < -0.3 is 15.4 Å². The van der Waals surface area contributed by atoms with Gasteiger partial charge in [-0.15, -0.1) is 0 Å². The van der Waals surface area contributed by atoms with Crippen LogP contribution < -0.4 is 5.73 Å². The molecule has 0 atom stereocenters. The van der Waals surface area contributed by atoms with Crippen LogP contribution in [0, 0.1) is 5.92 Å². The van der Waals surface area contributed by atoms with E-state index in [0.29, 0.717) is 12.0 Å². The van der Waals surface area contributed by atoms with Crippen molar-refractivity contribution in [3.63, 3.8) is 0 Å². The molecule has 0 heterocycles. The highest BCUT2D eigenvalue weighted by Gasteiger charge is 2.21. The molecule has 18 heavy (non-hydrogen) atoms. The molecule has 4 heteroatoms. The highest BCUT2D eigenvalue weighted by Crippen LogP contribution is 2.28. The summed E-state index contributed by atoms with van der Waals surface area (Å²) in [5.41, 5.74) is 6.02. The Hall–Kier alpha value is -0.770. The van der Waals surface area contributed by atoms with Gasteiger partial charge in [-0.25, -0.2) is 4.99 Å². The van der Waals surface area contributed by atoms with E-state index in [1.54, 1.807) is 0 Å². The molecule has 0 spiro atoms. The van der Waals surface area contributed by atoms with Gasteiger partial charge >= 0.3 is 0 Å². The highest BCUT2D eigenvalue weighted by molar-refractivity contribution is 5.77. The maximum absolute atomic E-state index is 6.02. The first-order chi connectivity index (χ1) is 8.75. The zero-order valence-corrected chi connectivity index (χ0v) is 11.6. The molecule has 2 aliphatic rings. The zero-order chi connectivity index (χ0) is 12.8. The lowest BCUT2D eigenvalue weighted by molar-refractivity contribution is 0.115. The van der Waals surface area contributed by atoms with E-state index in [-0.39, 0.29) is 0 Å². The van der Waals surface area contributed by atoms with Crippen LogP contribution in [0.25, 0.3) is 0 Å². The number of nitrogens with two attached hydrogens (primary N) is 1. The molecular formula is C14H27N3O. The Morgan fingerprint density at radius 1 is 1.22 bits per heavy atom. The van der Waals surface area contributed by atoms with Crippen molar-refractivity contribution in [1.82, 2.24) is 4.90 Å². The summed E-state index contributed by atoms with van der Waals surface area (Å²) in [7, 11) is 2.00. The largest absolute Gasteiger partial charge is 0.379 e. The molecule has 0 unspecified atom stereocenters. The minimum Gasteiger partial charge on any atom is -0.379 e. The SMILES string of the molecule is CN(CCOCC1CC1)C(N)=NC1CCCCC1. The van der Waals surface area contributed by atoms with Gasteiger partial charge in [0.2, 0.25) is 0 Å². The van der Waals surface area contributed by atoms with E-state index in [1.165, 1.54) is 44.9 Å². The van der Waals surface area contributed by atoms with Crippen LogP contribution in [0.5, 0.6) is 0 Å². The molecule has 0 aromatic rings. The van der Waals surface area contributed by atoms with Gasteiger partial charge in [-0.1, -0.05) is 19.3 Å². The zero-order valence-electron chi connectivity index (χ0n) is 11.6. The van der Waals surface area contributed by atoms with E-state index in [4.69, 9.17) is 10.5 Å². The van der Waals surface area contributed by atoms with E-state index >= 15 is 0 Å². The van der Waals surface area contributed by atoms with Crippen molar-refractivity contribution in [2.75, 3.05) is 26.8 Å². The third-order valence-electron chi connectivity index (χ3n) is 3.90. The smallest absolute Gasteiger partial charge is 0.191 e. The second kappa shape index (κ2) is 6.98. The molecule has 2 saturated carbocycles. The van der Waals surface area contributed by atoms with Crippen molar-refractivity contribution in [2.24, 2.45) is 16.6 Å². The maximum atomic E-state index is 6.02. The van der Waals surface area contributed by atoms with Crippen LogP contribution in [0.1, 0.15) is 44.9 Å². The van der Waals surface area contributed by atoms with Gasteiger partial charge in [-0.05, 0) is 31.6 Å². The quantitative estimate of drug-likeness (QED) is 0.447. The normalized spacial score (nSPS) is 22.2. The minimum atomic E-state index is 0.452. The first-order valence-corrected chi connectivity index (χ1v) is 7.38. The van der Waals surface area contributed by atoms with Crippen LogP contribution >= 0.6 is 0 Å². The molecule has 0 saturated heterocycles. The van der Waals surface area contributed by atoms with Crippen molar-refractivity contribution < 1.29 is 4.74 Å². The number of ether oxygens (including phenoxy) is 1. The predicted molar refractivity (Wildman–Crippen MR) is 74.7 cm³/mol. The molecule has 2 aliphatic carbocycles. The molecule has 104 valence electrons. The lowest BCUT2D eigenvalue weighted by atomic mass is 9.96. The molecule has 0 aromatic heterocycles. The van der Waals surface area contributed by atoms with Gasteiger partial charge in [0.15, 0.2) is 5.96 Å². The van der Waals surface area contributed by atoms with Crippen LogP contribution in [-0.4, -0.2) is 43.7 Å². The fraction of sp³-hybridized carbons (Fsp3) is 0.929. The Morgan fingerprint density at radius 2 is 1.94 bits per heavy atom. The van der Waals surface area contributed by atoms with Crippen molar-refractivity contribution in [2.45, 2.75) is 51.0 Å². The number of aliphatic imine (C=N–C) groups is 1. The van der Waals surface area contributed by atoms with Crippen LogP contribution in [0.4, 0.5) is 0 Å². The number of guanidine groups is 1. The number of hydrogen-bond acceptors (Lipinski definition) is 2. The summed E-state index contributed by atoms with van der Waals surface area (Å²) in [5, 5.41) is 0. The van der Waals surface area contributed by atoms with Crippen LogP contribution in [0.3, 0.4) is 0 Å². The summed E-state index contributed by atoms with van der Waals surface area (Å²) in [6.45, 7) is 2.52. The number of rotatable bonds is 6. The molecule has 2 N–H and O–H groups in total. The van der Waals surface area contributed by atoms with Crippen LogP contribution in [-0.2, 0) is 4.74 Å². The molecule has 0 aromatic carbocycles. The predicted octanol–water partition coefficient (Wildman–Crippen LogP) is 1.99. The fourth-order valence-electron chi connectivity index (χ4n) is 2.35. The Kier molecular flexibility index (Phi) is 5.29. The first kappa shape index (κ1) is 13.7. The molecule has 0 bridgehead atoms. The van der Waals surface area contributed by atoms with Crippen LogP contribution in [0.2, 0.25) is 0 Å². The second-order valence-electron chi connectivity index (χ2n) is 5.72. The van der Waals surface area contributed by atoms with Crippen molar-refractivity contribution in [3.05, 3.63) is 0 Å². The Morgan fingerprint density at radius 3 is 2.61 bits per heavy atom. The average molecular weight is 253 g/mol. The van der Waals surface area contributed by atoms with E-state index in [9.17, 15) is 0 Å². The third kappa shape index (κ3) is 4.84. The van der Waals surface area contributed by atoms with Crippen molar-refractivity contribution in [3.8, 4) is 0 Å². The van der Waals surface area contributed by atoms with E-state index in [1.807, 2.05) is 11.9 Å². The van der Waals surface area contributed by atoms with E-state index in [0.717, 1.165) is 25.7 Å². The molecule has 0 aliphatic heterocycles. The molecule has 2 rings (SSSR count). The van der Waals surface area contributed by atoms with Crippen molar-refractivity contribution >= 4 is 5.96 Å². The molecule has 4 nitrogen and oxygen atoms in total. The minimum absolute atomic E-state index is 0.452. The molecule has 0 amide bonds. The van der Waals surface area contributed by atoms with Gasteiger partial charge in [0.25, 0.3) is 0 Å². The summed E-state index contributed by atoms with van der Waals surface area (Å²) in [4.78, 5) is 6.64. The fourth-order valence-corrected chi connectivity index (χ4v) is 2.35. The first-order valence-electron chi connectivity index (χ1n) is 7.38. The number of hydrogen-bond donors (Lipinski definition) is 1. The van der Waals surface area contributed by atoms with Gasteiger partial charge in [-0.2, -0.15) is 0 Å². The monoisotopic (exact) mass is 253 g/mol. The van der Waals surface area contributed by atoms with E-state index in [2.05, 4.69) is 4.99 Å². The lowest BCUT2D eigenvalue weighted by Gasteiger charge is -2.22. The van der Waals surface area contributed by atoms with Crippen LogP contribution in [0.15, 0.2) is 4.99 Å². The maximum Gasteiger partial charge on any atom is 0.191 e. The Labute approximate surface area is 111 Å². The summed E-state index contributed by atoms with van der Waals surface area (Å²) >= 11 is 0. The molecule has 0 radical (unpaired) electrons. The second-order valence-corrected chi connectivity index (χ2v) is 5.72. The molecule has 2 fully saturated rings. The number of nitrogens with zero attached hydrogens (tertiary/aromatic N) is 2. The summed E-state index contributed by atoms with van der Waals surface area (Å²) in [6, 6.07) is 0.452.